The predicted octanol–water partition coefficient (Wildman–Crippen LogP) is 8.93. The molecular weight excluding hydrogens is 455 g/mol. The van der Waals surface area contributed by atoms with Crippen LogP contribution in [-0.2, 0) is 18.3 Å². The third-order valence-corrected chi connectivity index (χ3v) is 8.07. The number of ether oxygens (including phenoxy) is 1. The second-order valence-corrected chi connectivity index (χ2v) is 11.9. The molecule has 0 fully saturated rings. The van der Waals surface area contributed by atoms with Gasteiger partial charge in [0.05, 0.1) is 12.7 Å². The lowest BCUT2D eigenvalue weighted by molar-refractivity contribution is 0.0225. The van der Waals surface area contributed by atoms with E-state index in [2.05, 4.69) is 18.4 Å². The molecule has 2 atom stereocenters. The summed E-state index contributed by atoms with van der Waals surface area (Å²) in [6.45, 7) is 5.30. The van der Waals surface area contributed by atoms with Crippen molar-refractivity contribution in [2.45, 2.75) is 136 Å². The summed E-state index contributed by atoms with van der Waals surface area (Å²) in [7, 11) is -2.76. The van der Waals surface area contributed by atoms with Gasteiger partial charge in [0.25, 0.3) is 0 Å². The van der Waals surface area contributed by atoms with Crippen LogP contribution in [0.4, 0.5) is 0 Å². The first kappa shape index (κ1) is 33.4. The summed E-state index contributed by atoms with van der Waals surface area (Å²) in [5.41, 5.74) is 0. The maximum atomic E-state index is 11.6. The number of hydrogen-bond donors (Lipinski definition) is 1. The van der Waals surface area contributed by atoms with Crippen LogP contribution in [-0.4, -0.2) is 42.8 Å². The van der Waals surface area contributed by atoms with Crippen LogP contribution in [0.3, 0.4) is 0 Å². The number of thioether (sulfide) groups is 1. The van der Waals surface area contributed by atoms with E-state index in [0.717, 1.165) is 17.9 Å². The molecule has 0 aliphatic carbocycles. The Kier molecular flexibility index (Phi) is 25.8. The van der Waals surface area contributed by atoms with Gasteiger partial charge in [-0.1, -0.05) is 117 Å². The molecule has 0 saturated carbocycles. The van der Waals surface area contributed by atoms with Crippen LogP contribution >= 0.6 is 19.6 Å². The molecule has 5 nitrogen and oxygen atoms in total. The van der Waals surface area contributed by atoms with Gasteiger partial charge < -0.3 is 9.63 Å². The minimum Gasteiger partial charge on any atom is -0.375 e. The Morgan fingerprint density at radius 2 is 1.18 bits per heavy atom. The van der Waals surface area contributed by atoms with Crippen LogP contribution in [0.1, 0.15) is 129 Å². The summed E-state index contributed by atoms with van der Waals surface area (Å²) in [5, 5.41) is 0. The number of unbranched alkanes of at least 4 members (excludes halogenated alkanes) is 16. The van der Waals surface area contributed by atoms with Gasteiger partial charge >= 0.3 is 7.82 Å². The average molecular weight is 511 g/mol. The smallest absolute Gasteiger partial charge is 0.375 e. The highest BCUT2D eigenvalue weighted by atomic mass is 32.2. The van der Waals surface area contributed by atoms with Crippen LogP contribution in [0.2, 0.25) is 0 Å². The number of hydrogen-bond acceptors (Lipinski definition) is 5. The molecule has 200 valence electrons. The monoisotopic (exact) mass is 510 g/mol. The van der Waals surface area contributed by atoms with E-state index >= 15 is 0 Å². The summed E-state index contributed by atoms with van der Waals surface area (Å²) < 4.78 is 27.2. The van der Waals surface area contributed by atoms with E-state index in [1.807, 2.05) is 11.8 Å². The van der Waals surface area contributed by atoms with Crippen molar-refractivity contribution in [3.05, 3.63) is 0 Å². The molecule has 0 aromatic carbocycles. The van der Waals surface area contributed by atoms with Gasteiger partial charge in [-0.15, -0.1) is 0 Å². The van der Waals surface area contributed by atoms with Gasteiger partial charge in [0, 0.05) is 19.5 Å². The molecule has 0 rings (SSSR count). The molecule has 0 aromatic heterocycles. The molecule has 0 bridgehead atoms. The molecule has 1 N–H and O–H groups in total. The fraction of sp³-hybridized carbons (Fsp3) is 1.00. The van der Waals surface area contributed by atoms with Crippen molar-refractivity contribution in [1.82, 2.24) is 0 Å². The lowest BCUT2D eigenvalue weighted by atomic mass is 10.1. The minimum atomic E-state index is -3.95. The molecule has 7 heteroatoms. The van der Waals surface area contributed by atoms with E-state index in [9.17, 15) is 9.46 Å². The topological polar surface area (TPSA) is 65.0 Å². The zero-order valence-corrected chi connectivity index (χ0v) is 23.8. The maximum Gasteiger partial charge on any atom is 0.472 e. The molecule has 0 saturated heterocycles. The first-order valence-corrected chi connectivity index (χ1v) is 16.4. The molecule has 0 spiro atoms. The normalized spacial score (nSPS) is 14.4. The first-order chi connectivity index (χ1) is 16.1. The predicted molar refractivity (Wildman–Crippen MR) is 144 cm³/mol. The summed E-state index contributed by atoms with van der Waals surface area (Å²) in [6.07, 6.45) is 23.4. The van der Waals surface area contributed by atoms with Gasteiger partial charge in [-0.3, -0.25) is 9.05 Å². The zero-order chi connectivity index (χ0) is 24.5. The van der Waals surface area contributed by atoms with Crippen molar-refractivity contribution < 1.29 is 23.2 Å². The van der Waals surface area contributed by atoms with Gasteiger partial charge in [-0.2, -0.15) is 11.8 Å². The van der Waals surface area contributed by atoms with Gasteiger partial charge in [0.15, 0.2) is 0 Å². The standard InChI is InChI=1S/C26H55O5PS/c1-4-6-8-10-12-14-15-17-19-21-23-33-25-26(24-31-32(27,28)29-3)30-22-20-18-16-13-11-9-7-5-2/h26H,4-25H2,1-3H3,(H,27,28)/t26-/m0/s1. The summed E-state index contributed by atoms with van der Waals surface area (Å²) in [6, 6.07) is 0. The number of rotatable bonds is 27. The SMILES string of the molecule is CCCCCCCCCCCCSC[C@H](COP(=O)(O)OC)OCCCCCCCCCC. The van der Waals surface area contributed by atoms with Crippen LogP contribution in [0.5, 0.6) is 0 Å². The summed E-state index contributed by atoms with van der Waals surface area (Å²) in [5.74, 6) is 1.90. The van der Waals surface area contributed by atoms with E-state index in [1.54, 1.807) is 0 Å². The molecule has 0 aliphatic heterocycles. The van der Waals surface area contributed by atoms with Crippen molar-refractivity contribution in [2.24, 2.45) is 0 Å². The third kappa shape index (κ3) is 25.3. The fourth-order valence-electron chi connectivity index (χ4n) is 3.77. The van der Waals surface area contributed by atoms with Crippen molar-refractivity contribution >= 4 is 19.6 Å². The van der Waals surface area contributed by atoms with Gasteiger partial charge in [0.2, 0.25) is 0 Å². The van der Waals surface area contributed by atoms with Gasteiger partial charge in [0.1, 0.15) is 0 Å². The van der Waals surface area contributed by atoms with E-state index < -0.39 is 7.82 Å². The van der Waals surface area contributed by atoms with Gasteiger partial charge in [-0.05, 0) is 18.6 Å². The van der Waals surface area contributed by atoms with Crippen LogP contribution in [0, 0.1) is 0 Å². The van der Waals surface area contributed by atoms with Crippen LogP contribution in [0.25, 0.3) is 0 Å². The minimum absolute atomic E-state index is 0.101. The Bertz CT molecular complexity index is 439. The average Bonchev–Trinajstić information content (AvgIpc) is 2.81. The van der Waals surface area contributed by atoms with Gasteiger partial charge in [-0.25, -0.2) is 4.57 Å². The van der Waals surface area contributed by atoms with Crippen molar-refractivity contribution in [3.63, 3.8) is 0 Å². The van der Waals surface area contributed by atoms with E-state index in [4.69, 9.17) is 9.26 Å². The Morgan fingerprint density at radius 3 is 1.67 bits per heavy atom. The zero-order valence-electron chi connectivity index (χ0n) is 22.1. The maximum absolute atomic E-state index is 11.6. The van der Waals surface area contributed by atoms with Crippen LogP contribution in [0.15, 0.2) is 0 Å². The van der Waals surface area contributed by atoms with Crippen molar-refractivity contribution in [2.75, 3.05) is 31.8 Å². The van der Waals surface area contributed by atoms with Crippen LogP contribution < -0.4 is 0 Å². The summed E-state index contributed by atoms with van der Waals surface area (Å²) in [4.78, 5) is 9.52. The molecule has 1 unspecified atom stereocenters. The Hall–Kier alpha value is 0.420. The Labute approximate surface area is 210 Å². The van der Waals surface area contributed by atoms with Crippen molar-refractivity contribution in [1.29, 1.82) is 0 Å². The third-order valence-electron chi connectivity index (χ3n) is 5.95. The fourth-order valence-corrected chi connectivity index (χ4v) is 5.26. The molecule has 0 radical (unpaired) electrons. The Morgan fingerprint density at radius 1 is 0.727 bits per heavy atom. The molecule has 0 heterocycles. The largest absolute Gasteiger partial charge is 0.472 e. The summed E-state index contributed by atoms with van der Waals surface area (Å²) >= 11 is 1.86. The number of phosphoric ester groups is 1. The molecule has 33 heavy (non-hydrogen) atoms. The molecular formula is C26H55O5PS. The highest BCUT2D eigenvalue weighted by molar-refractivity contribution is 7.99. The first-order valence-electron chi connectivity index (χ1n) is 13.8. The molecule has 0 amide bonds. The van der Waals surface area contributed by atoms with E-state index in [0.29, 0.717) is 6.61 Å². The highest BCUT2D eigenvalue weighted by Gasteiger charge is 2.21. The number of phosphoric acid groups is 1. The highest BCUT2D eigenvalue weighted by Crippen LogP contribution is 2.42. The van der Waals surface area contributed by atoms with E-state index in [1.165, 1.54) is 116 Å². The van der Waals surface area contributed by atoms with Crippen molar-refractivity contribution in [3.8, 4) is 0 Å². The second kappa shape index (κ2) is 25.5. The second-order valence-electron chi connectivity index (χ2n) is 9.17. The Balaban J connectivity index is 3.84. The molecule has 0 aromatic rings. The lowest BCUT2D eigenvalue weighted by Gasteiger charge is -2.19. The molecule has 0 aliphatic rings. The van der Waals surface area contributed by atoms with E-state index in [-0.39, 0.29) is 12.7 Å². The quantitative estimate of drug-likeness (QED) is 0.0879. The lowest BCUT2D eigenvalue weighted by Crippen LogP contribution is -2.23.